The highest BCUT2D eigenvalue weighted by atomic mass is 32.2. The van der Waals surface area contributed by atoms with Gasteiger partial charge in [0.05, 0.1) is 21.0 Å². The summed E-state index contributed by atoms with van der Waals surface area (Å²) < 4.78 is 13.5. The number of nitrogen functional groups attached to an aromatic ring is 1. The Morgan fingerprint density at radius 1 is 1.53 bits per heavy atom. The quantitative estimate of drug-likeness (QED) is 0.832. The van der Waals surface area contributed by atoms with Crippen LogP contribution < -0.4 is 11.1 Å². The number of rotatable bonds is 4. The summed E-state index contributed by atoms with van der Waals surface area (Å²) >= 11 is 1.32. The number of benzene rings is 1. The molecule has 5 nitrogen and oxygen atoms in total. The molecule has 1 atom stereocenters. The van der Waals surface area contributed by atoms with E-state index in [1.165, 1.54) is 11.3 Å². The molecule has 19 heavy (non-hydrogen) atoms. The molecule has 1 fully saturated rings. The minimum Gasteiger partial charge on any atom is -0.399 e. The Morgan fingerprint density at radius 2 is 2.32 bits per heavy atom. The Balaban J connectivity index is 1.75. The van der Waals surface area contributed by atoms with Crippen LogP contribution in [0.4, 0.5) is 5.69 Å². The van der Waals surface area contributed by atoms with Gasteiger partial charge < -0.3 is 11.1 Å². The minimum atomic E-state index is -1.39. The number of thiazole rings is 1. The molecule has 0 bridgehead atoms. The molecule has 1 aromatic heterocycles. The molecule has 0 saturated heterocycles. The Labute approximate surface area is 116 Å². The van der Waals surface area contributed by atoms with E-state index < -0.39 is 10.8 Å². The van der Waals surface area contributed by atoms with Gasteiger partial charge in [-0.25, -0.2) is 4.98 Å². The van der Waals surface area contributed by atoms with Crippen molar-refractivity contribution in [2.45, 2.75) is 23.2 Å². The van der Waals surface area contributed by atoms with Gasteiger partial charge in [-0.1, -0.05) is 0 Å². The number of hydrogen-bond acceptors (Lipinski definition) is 5. The number of nitrogens with zero attached hydrogens (tertiary/aromatic N) is 1. The summed E-state index contributed by atoms with van der Waals surface area (Å²) in [5.74, 6) is -0.189. The van der Waals surface area contributed by atoms with Crippen LogP contribution >= 0.6 is 11.3 Å². The average molecular weight is 295 g/mol. The van der Waals surface area contributed by atoms with E-state index in [0.29, 0.717) is 16.1 Å². The molecular formula is C12H13N3O2S2. The topological polar surface area (TPSA) is 85.1 Å². The summed E-state index contributed by atoms with van der Waals surface area (Å²) in [5, 5.41) is 2.82. The van der Waals surface area contributed by atoms with Gasteiger partial charge in [-0.2, -0.15) is 0 Å². The van der Waals surface area contributed by atoms with Crippen LogP contribution in [0.5, 0.6) is 0 Å². The highest BCUT2D eigenvalue weighted by Crippen LogP contribution is 2.26. The first-order chi connectivity index (χ1) is 9.11. The van der Waals surface area contributed by atoms with E-state index in [1.54, 1.807) is 18.2 Å². The summed E-state index contributed by atoms with van der Waals surface area (Å²) in [6.45, 7) is 0. The van der Waals surface area contributed by atoms with Crippen LogP contribution in [0.25, 0.3) is 10.2 Å². The van der Waals surface area contributed by atoms with Crippen molar-refractivity contribution < 1.29 is 9.00 Å². The first-order valence-electron chi connectivity index (χ1n) is 5.95. The SMILES string of the molecule is Nc1ccc2nc(S(=O)CC(=O)NC3CC3)sc2c1. The highest BCUT2D eigenvalue weighted by molar-refractivity contribution is 7.88. The van der Waals surface area contributed by atoms with Crippen molar-refractivity contribution in [1.29, 1.82) is 0 Å². The van der Waals surface area contributed by atoms with Crippen molar-refractivity contribution in [3.05, 3.63) is 18.2 Å². The summed E-state index contributed by atoms with van der Waals surface area (Å²) in [6.07, 6.45) is 2.05. The molecule has 3 rings (SSSR count). The average Bonchev–Trinajstić information content (AvgIpc) is 3.05. The molecule has 1 aliphatic rings. The van der Waals surface area contributed by atoms with E-state index >= 15 is 0 Å². The molecule has 1 aromatic carbocycles. The van der Waals surface area contributed by atoms with Gasteiger partial charge >= 0.3 is 0 Å². The number of anilines is 1. The minimum absolute atomic E-state index is 0.0220. The number of fused-ring (bicyclic) bond motifs is 1. The first-order valence-corrected chi connectivity index (χ1v) is 8.09. The fourth-order valence-corrected chi connectivity index (χ4v) is 3.90. The standard InChI is InChI=1S/C12H13N3O2S2/c13-7-1-4-9-10(5-7)18-12(15-9)19(17)6-11(16)14-8-2-3-8/h1,4-5,8H,2-3,6,13H2,(H,14,16). The summed E-state index contributed by atoms with van der Waals surface area (Å²) in [5.41, 5.74) is 7.11. The first kappa shape index (κ1) is 12.6. The van der Waals surface area contributed by atoms with Gasteiger partial charge in [0.1, 0.15) is 5.75 Å². The zero-order valence-corrected chi connectivity index (χ0v) is 11.7. The second-order valence-corrected chi connectivity index (χ2v) is 7.19. The van der Waals surface area contributed by atoms with Gasteiger partial charge in [0, 0.05) is 11.7 Å². The summed E-state index contributed by atoms with van der Waals surface area (Å²) in [4.78, 5) is 15.9. The largest absolute Gasteiger partial charge is 0.399 e. The van der Waals surface area contributed by atoms with Gasteiger partial charge in [0.25, 0.3) is 0 Å². The van der Waals surface area contributed by atoms with Crippen LogP contribution in [0, 0.1) is 0 Å². The molecule has 2 aromatic rings. The number of carbonyl (C=O) groups is 1. The molecular weight excluding hydrogens is 282 g/mol. The van der Waals surface area contributed by atoms with E-state index in [1.807, 2.05) is 0 Å². The zero-order valence-electron chi connectivity index (χ0n) is 10.1. The maximum Gasteiger partial charge on any atom is 0.233 e. The number of amides is 1. The van der Waals surface area contributed by atoms with Gasteiger partial charge in [-0.05, 0) is 31.0 Å². The molecule has 1 amide bonds. The Bertz CT molecular complexity index is 664. The Kier molecular flexibility index (Phi) is 3.24. The fraction of sp³-hybridized carbons (Fsp3) is 0.333. The van der Waals surface area contributed by atoms with Gasteiger partial charge in [-0.15, -0.1) is 11.3 Å². The van der Waals surface area contributed by atoms with Crippen molar-refractivity contribution >= 4 is 43.9 Å². The van der Waals surface area contributed by atoms with Crippen molar-refractivity contribution in [1.82, 2.24) is 10.3 Å². The van der Waals surface area contributed by atoms with Crippen LogP contribution in [0.3, 0.4) is 0 Å². The molecule has 100 valence electrons. The lowest BCUT2D eigenvalue weighted by molar-refractivity contribution is -0.118. The predicted octanol–water partition coefficient (Wildman–Crippen LogP) is 1.26. The second kappa shape index (κ2) is 4.90. The van der Waals surface area contributed by atoms with Crippen LogP contribution in [-0.2, 0) is 15.6 Å². The molecule has 7 heteroatoms. The van der Waals surface area contributed by atoms with E-state index in [-0.39, 0.29) is 11.7 Å². The lowest BCUT2D eigenvalue weighted by atomic mass is 10.3. The fourth-order valence-electron chi connectivity index (χ4n) is 1.70. The van der Waals surface area contributed by atoms with Crippen LogP contribution in [0.1, 0.15) is 12.8 Å². The summed E-state index contributed by atoms with van der Waals surface area (Å²) in [7, 11) is -1.39. The van der Waals surface area contributed by atoms with E-state index in [0.717, 1.165) is 23.1 Å². The molecule has 0 spiro atoms. The van der Waals surface area contributed by atoms with Crippen LogP contribution in [-0.4, -0.2) is 26.9 Å². The lowest BCUT2D eigenvalue weighted by Gasteiger charge is -2.00. The van der Waals surface area contributed by atoms with Crippen molar-refractivity contribution in [3.63, 3.8) is 0 Å². The lowest BCUT2D eigenvalue weighted by Crippen LogP contribution is -2.29. The number of nitrogens with two attached hydrogens (primary N) is 1. The maximum atomic E-state index is 12.1. The molecule has 1 saturated carbocycles. The van der Waals surface area contributed by atoms with E-state index in [4.69, 9.17) is 5.73 Å². The monoisotopic (exact) mass is 295 g/mol. The number of hydrogen-bond donors (Lipinski definition) is 2. The third-order valence-electron chi connectivity index (χ3n) is 2.79. The third-order valence-corrected chi connectivity index (χ3v) is 5.42. The molecule has 3 N–H and O–H groups in total. The van der Waals surface area contributed by atoms with Crippen molar-refractivity contribution in [2.24, 2.45) is 0 Å². The molecule has 0 radical (unpaired) electrons. The predicted molar refractivity (Wildman–Crippen MR) is 76.5 cm³/mol. The molecule has 0 aliphatic heterocycles. The number of nitrogens with one attached hydrogen (secondary N) is 1. The maximum absolute atomic E-state index is 12.1. The van der Waals surface area contributed by atoms with E-state index in [9.17, 15) is 9.00 Å². The molecule has 1 aliphatic carbocycles. The Morgan fingerprint density at radius 3 is 3.05 bits per heavy atom. The summed E-state index contributed by atoms with van der Waals surface area (Å²) in [6, 6.07) is 5.65. The normalized spacial score (nSPS) is 16.4. The Hall–Kier alpha value is -1.47. The third kappa shape index (κ3) is 2.93. The highest BCUT2D eigenvalue weighted by Gasteiger charge is 2.24. The zero-order chi connectivity index (χ0) is 13.4. The van der Waals surface area contributed by atoms with Crippen molar-refractivity contribution in [2.75, 3.05) is 11.5 Å². The molecule has 1 heterocycles. The second-order valence-electron chi connectivity index (χ2n) is 4.54. The van der Waals surface area contributed by atoms with Crippen molar-refractivity contribution in [3.8, 4) is 0 Å². The number of carbonyl (C=O) groups excluding carboxylic acids is 1. The molecule has 1 unspecified atom stereocenters. The van der Waals surface area contributed by atoms with E-state index in [2.05, 4.69) is 10.3 Å². The smallest absolute Gasteiger partial charge is 0.233 e. The van der Waals surface area contributed by atoms with Crippen LogP contribution in [0.15, 0.2) is 22.5 Å². The van der Waals surface area contributed by atoms with Gasteiger partial charge in [0.2, 0.25) is 5.91 Å². The number of aromatic nitrogens is 1. The van der Waals surface area contributed by atoms with Crippen LogP contribution in [0.2, 0.25) is 0 Å². The van der Waals surface area contributed by atoms with Gasteiger partial charge in [-0.3, -0.25) is 9.00 Å². The van der Waals surface area contributed by atoms with Gasteiger partial charge in [0.15, 0.2) is 4.34 Å².